The molecule has 0 aliphatic carbocycles. The molecule has 1 aromatic heterocycles. The lowest BCUT2D eigenvalue weighted by molar-refractivity contribution is 0.441. The summed E-state index contributed by atoms with van der Waals surface area (Å²) in [5.41, 5.74) is 1.25. The van der Waals surface area contributed by atoms with Crippen LogP contribution in [0.2, 0.25) is 0 Å². The zero-order valence-electron chi connectivity index (χ0n) is 10.7. The maximum atomic E-state index is 4.48. The van der Waals surface area contributed by atoms with Crippen LogP contribution in [0.4, 0.5) is 0 Å². The Balaban J connectivity index is 1.82. The number of nitrogens with zero attached hydrogens (tertiary/aromatic N) is 3. The molecule has 0 saturated carbocycles. The molecule has 1 saturated heterocycles. The topological polar surface area (TPSA) is 42.7 Å². The number of thioether (sulfide) groups is 1. The van der Waals surface area contributed by atoms with Gasteiger partial charge in [-0.15, -0.1) is 22.0 Å². The van der Waals surface area contributed by atoms with E-state index >= 15 is 0 Å². The number of hydrogen-bond acceptors (Lipinski definition) is 4. The SMILES string of the molecule is c1ccc2c(c1)SCc1nnc(C3CCCNC3)n1-2. The Morgan fingerprint density at radius 3 is 3.11 bits per heavy atom. The highest BCUT2D eigenvalue weighted by molar-refractivity contribution is 7.98. The molecule has 19 heavy (non-hydrogen) atoms. The molecule has 2 aliphatic rings. The molecule has 1 atom stereocenters. The van der Waals surface area contributed by atoms with Crippen molar-refractivity contribution >= 4 is 11.8 Å². The summed E-state index contributed by atoms with van der Waals surface area (Å²) < 4.78 is 2.28. The van der Waals surface area contributed by atoms with E-state index in [0.29, 0.717) is 5.92 Å². The molecule has 4 rings (SSSR count). The van der Waals surface area contributed by atoms with Crippen LogP contribution in [0.1, 0.15) is 30.4 Å². The Kier molecular flexibility index (Phi) is 2.81. The third-order valence-electron chi connectivity index (χ3n) is 3.88. The summed E-state index contributed by atoms with van der Waals surface area (Å²) in [7, 11) is 0. The fraction of sp³-hybridized carbons (Fsp3) is 0.429. The summed E-state index contributed by atoms with van der Waals surface area (Å²) in [5.74, 6) is 3.63. The highest BCUT2D eigenvalue weighted by atomic mass is 32.2. The number of fused-ring (bicyclic) bond motifs is 3. The van der Waals surface area contributed by atoms with E-state index in [1.54, 1.807) is 0 Å². The second-order valence-corrected chi connectivity index (χ2v) is 6.13. The summed E-state index contributed by atoms with van der Waals surface area (Å²) in [6.07, 6.45) is 2.43. The van der Waals surface area contributed by atoms with E-state index in [9.17, 15) is 0 Å². The number of rotatable bonds is 1. The second kappa shape index (κ2) is 4.65. The molecule has 0 amide bonds. The molecular weight excluding hydrogens is 256 g/mol. The average molecular weight is 272 g/mol. The third kappa shape index (κ3) is 1.88. The second-order valence-electron chi connectivity index (χ2n) is 5.11. The van der Waals surface area contributed by atoms with Gasteiger partial charge >= 0.3 is 0 Å². The summed E-state index contributed by atoms with van der Waals surface area (Å²) in [6, 6.07) is 8.56. The van der Waals surface area contributed by atoms with Crippen molar-refractivity contribution in [1.29, 1.82) is 0 Å². The monoisotopic (exact) mass is 272 g/mol. The maximum absolute atomic E-state index is 4.48. The molecule has 1 aromatic carbocycles. The Morgan fingerprint density at radius 2 is 2.21 bits per heavy atom. The fourth-order valence-corrected chi connectivity index (χ4v) is 3.88. The number of aromatic nitrogens is 3. The van der Waals surface area contributed by atoms with Crippen LogP contribution in [-0.4, -0.2) is 27.9 Å². The van der Waals surface area contributed by atoms with Crippen LogP contribution in [0, 0.1) is 0 Å². The number of para-hydroxylation sites is 1. The number of benzene rings is 1. The molecule has 1 N–H and O–H groups in total. The van der Waals surface area contributed by atoms with Gasteiger partial charge in [-0.3, -0.25) is 4.57 Å². The molecule has 1 unspecified atom stereocenters. The molecular formula is C14H16N4S. The van der Waals surface area contributed by atoms with Gasteiger partial charge in [0.05, 0.1) is 11.4 Å². The van der Waals surface area contributed by atoms with Crippen molar-refractivity contribution in [3.8, 4) is 5.69 Å². The van der Waals surface area contributed by atoms with Gasteiger partial charge in [-0.1, -0.05) is 12.1 Å². The quantitative estimate of drug-likeness (QED) is 0.865. The van der Waals surface area contributed by atoms with E-state index < -0.39 is 0 Å². The Morgan fingerprint density at radius 1 is 1.26 bits per heavy atom. The first kappa shape index (κ1) is 11.5. The van der Waals surface area contributed by atoms with Crippen molar-refractivity contribution in [3.05, 3.63) is 35.9 Å². The first-order valence-electron chi connectivity index (χ1n) is 6.80. The van der Waals surface area contributed by atoms with E-state index in [-0.39, 0.29) is 0 Å². The van der Waals surface area contributed by atoms with Crippen molar-refractivity contribution < 1.29 is 0 Å². The van der Waals surface area contributed by atoms with Crippen molar-refractivity contribution in [2.24, 2.45) is 0 Å². The maximum Gasteiger partial charge on any atom is 0.148 e. The normalized spacial score (nSPS) is 21.8. The van der Waals surface area contributed by atoms with E-state index in [1.807, 2.05) is 11.8 Å². The third-order valence-corrected chi connectivity index (χ3v) is 4.94. The van der Waals surface area contributed by atoms with Gasteiger partial charge < -0.3 is 5.32 Å². The average Bonchev–Trinajstić information content (AvgIpc) is 2.92. The van der Waals surface area contributed by atoms with Gasteiger partial charge in [-0.2, -0.15) is 0 Å². The predicted octanol–water partition coefficient (Wildman–Crippen LogP) is 2.34. The van der Waals surface area contributed by atoms with Gasteiger partial charge in [0.1, 0.15) is 11.6 Å². The number of hydrogen-bond donors (Lipinski definition) is 1. The minimum atomic E-state index is 0.492. The number of nitrogens with one attached hydrogen (secondary N) is 1. The molecule has 5 heteroatoms. The summed E-state index contributed by atoms with van der Waals surface area (Å²) in [5, 5.41) is 12.3. The van der Waals surface area contributed by atoms with E-state index in [0.717, 1.165) is 30.5 Å². The van der Waals surface area contributed by atoms with Gasteiger partial charge in [0.15, 0.2) is 0 Å². The lowest BCUT2D eigenvalue weighted by atomic mass is 9.98. The molecule has 2 aliphatic heterocycles. The first-order valence-corrected chi connectivity index (χ1v) is 7.79. The molecule has 98 valence electrons. The summed E-state index contributed by atoms with van der Waals surface area (Å²) in [6.45, 7) is 2.15. The van der Waals surface area contributed by atoms with Crippen molar-refractivity contribution in [2.75, 3.05) is 13.1 Å². The Hall–Kier alpha value is -1.33. The lowest BCUT2D eigenvalue weighted by Gasteiger charge is -2.25. The van der Waals surface area contributed by atoms with Crippen LogP contribution in [0.25, 0.3) is 5.69 Å². The fourth-order valence-electron chi connectivity index (χ4n) is 2.93. The molecule has 0 spiro atoms. The van der Waals surface area contributed by atoms with Crippen LogP contribution < -0.4 is 5.32 Å². The van der Waals surface area contributed by atoms with Gasteiger partial charge in [-0.25, -0.2) is 0 Å². The van der Waals surface area contributed by atoms with Gasteiger partial charge in [0, 0.05) is 17.4 Å². The van der Waals surface area contributed by atoms with E-state index in [4.69, 9.17) is 0 Å². The Bertz CT molecular complexity index is 601. The number of piperidine rings is 1. The molecule has 0 radical (unpaired) electrons. The molecule has 4 nitrogen and oxygen atoms in total. The summed E-state index contributed by atoms with van der Waals surface area (Å²) >= 11 is 1.85. The summed E-state index contributed by atoms with van der Waals surface area (Å²) in [4.78, 5) is 1.33. The van der Waals surface area contributed by atoms with Gasteiger partial charge in [-0.05, 0) is 31.5 Å². The standard InChI is InChI=1S/C14H16N4S/c1-2-6-12-11(5-1)18-13(9-19-12)16-17-14(18)10-4-3-7-15-8-10/h1-2,5-6,10,15H,3-4,7-9H2. The zero-order valence-corrected chi connectivity index (χ0v) is 11.5. The minimum absolute atomic E-state index is 0.492. The molecule has 0 bridgehead atoms. The van der Waals surface area contributed by atoms with Crippen LogP contribution >= 0.6 is 11.8 Å². The molecule has 3 heterocycles. The lowest BCUT2D eigenvalue weighted by Crippen LogP contribution is -2.30. The Labute approximate surface area is 116 Å². The van der Waals surface area contributed by atoms with Crippen molar-refractivity contribution in [3.63, 3.8) is 0 Å². The van der Waals surface area contributed by atoms with Crippen molar-refractivity contribution in [1.82, 2.24) is 20.1 Å². The minimum Gasteiger partial charge on any atom is -0.316 e. The van der Waals surface area contributed by atoms with Crippen molar-refractivity contribution in [2.45, 2.75) is 29.4 Å². The van der Waals surface area contributed by atoms with E-state index in [1.165, 1.54) is 23.4 Å². The highest BCUT2D eigenvalue weighted by Gasteiger charge is 2.27. The zero-order chi connectivity index (χ0) is 12.7. The molecule has 1 fully saturated rings. The predicted molar refractivity (Wildman–Crippen MR) is 75.8 cm³/mol. The van der Waals surface area contributed by atoms with Gasteiger partial charge in [0.2, 0.25) is 0 Å². The first-order chi connectivity index (χ1) is 9.43. The van der Waals surface area contributed by atoms with Gasteiger partial charge in [0.25, 0.3) is 0 Å². The highest BCUT2D eigenvalue weighted by Crippen LogP contribution is 2.37. The van der Waals surface area contributed by atoms with Crippen LogP contribution in [0.15, 0.2) is 29.2 Å². The smallest absolute Gasteiger partial charge is 0.148 e. The largest absolute Gasteiger partial charge is 0.316 e. The van der Waals surface area contributed by atoms with Crippen LogP contribution in [-0.2, 0) is 5.75 Å². The van der Waals surface area contributed by atoms with Crippen LogP contribution in [0.5, 0.6) is 0 Å². The molecule has 2 aromatic rings. The van der Waals surface area contributed by atoms with Crippen LogP contribution in [0.3, 0.4) is 0 Å². The van der Waals surface area contributed by atoms with E-state index in [2.05, 4.69) is 44.3 Å².